The highest BCUT2D eigenvalue weighted by atomic mass is 35.5. The lowest BCUT2D eigenvalue weighted by Gasteiger charge is -2.26. The molecule has 28 heavy (non-hydrogen) atoms. The second-order valence-corrected chi connectivity index (χ2v) is 6.80. The van der Waals surface area contributed by atoms with Crippen LogP contribution in [-0.4, -0.2) is 88.7 Å². The Hall–Kier alpha value is -1.64. The molecular formula is C15H24ClN3O9. The molecule has 0 saturated carbocycles. The predicted octanol–water partition coefficient (Wildman–Crippen LogP) is -3.32. The quantitative estimate of drug-likeness (QED) is 0.177. The zero-order chi connectivity index (χ0) is 21.6. The van der Waals surface area contributed by atoms with E-state index in [1.165, 1.54) is 19.2 Å². The predicted molar refractivity (Wildman–Crippen MR) is 95.1 cm³/mol. The standard InChI is InChI=1S/C9H13N3O5.C6H11ClO4/c10-5-1-2-12(9(16)11-5)8-7(15)6(14)4(3-13)17-8;1-4(9)5(10)6(7,11)2-3-8/h1-2,4,6-8,13-15H,3H2,(H2,10,11,16);3-5,9-11H,2H2,1H3/t4-,6-,7-,8-;4?,5?,6-/m10/s1. The van der Waals surface area contributed by atoms with Crippen LogP contribution in [0.15, 0.2) is 17.1 Å². The fraction of sp³-hybridized carbons (Fsp3) is 0.667. The zero-order valence-electron chi connectivity index (χ0n) is 14.9. The van der Waals surface area contributed by atoms with Crippen molar-refractivity contribution in [2.45, 2.75) is 55.2 Å². The van der Waals surface area contributed by atoms with Crippen LogP contribution in [0.4, 0.5) is 5.82 Å². The van der Waals surface area contributed by atoms with Gasteiger partial charge in [0.2, 0.25) is 0 Å². The minimum absolute atomic E-state index is 0.0537. The Balaban J connectivity index is 0.000000311. The van der Waals surface area contributed by atoms with Crippen molar-refractivity contribution >= 4 is 23.7 Å². The molecule has 0 amide bonds. The Bertz CT molecular complexity index is 700. The molecular weight excluding hydrogens is 402 g/mol. The second kappa shape index (κ2) is 10.2. The number of aliphatic hydroxyl groups is 6. The van der Waals surface area contributed by atoms with Crippen LogP contribution in [0.25, 0.3) is 0 Å². The van der Waals surface area contributed by atoms with Gasteiger partial charge in [0.25, 0.3) is 0 Å². The molecule has 1 aliphatic heterocycles. The van der Waals surface area contributed by atoms with E-state index in [0.717, 1.165) is 4.57 Å². The summed E-state index contributed by atoms with van der Waals surface area (Å²) in [5, 5.41) is 52.9. The topological polar surface area (TPSA) is 209 Å². The van der Waals surface area contributed by atoms with Gasteiger partial charge in [0, 0.05) is 12.6 Å². The number of anilines is 1. The number of carbonyl (C=O) groups excluding carboxylic acids is 1. The largest absolute Gasteiger partial charge is 0.394 e. The van der Waals surface area contributed by atoms with E-state index in [2.05, 4.69) is 4.98 Å². The lowest BCUT2D eigenvalue weighted by molar-refractivity contribution is -0.117. The zero-order valence-corrected chi connectivity index (χ0v) is 15.6. The number of nitrogens with two attached hydrogens (primary N) is 1. The number of aliphatic hydroxyl groups excluding tert-OH is 5. The van der Waals surface area contributed by atoms with Crippen LogP contribution in [0.1, 0.15) is 19.6 Å². The van der Waals surface area contributed by atoms with Crippen molar-refractivity contribution in [3.05, 3.63) is 22.7 Å². The van der Waals surface area contributed by atoms with Crippen molar-refractivity contribution < 1.29 is 40.2 Å². The van der Waals surface area contributed by atoms with Gasteiger partial charge in [-0.25, -0.2) is 4.79 Å². The van der Waals surface area contributed by atoms with E-state index in [4.69, 9.17) is 42.5 Å². The van der Waals surface area contributed by atoms with Crippen LogP contribution in [0.2, 0.25) is 0 Å². The molecule has 1 fully saturated rings. The van der Waals surface area contributed by atoms with E-state index in [1.807, 2.05) is 0 Å². The number of carbonyl (C=O) groups is 1. The molecule has 7 atom stereocenters. The third-order valence-electron chi connectivity index (χ3n) is 3.92. The number of nitrogen functional groups attached to an aromatic ring is 1. The van der Waals surface area contributed by atoms with Gasteiger partial charge in [-0.3, -0.25) is 4.57 Å². The van der Waals surface area contributed by atoms with E-state index >= 15 is 0 Å². The first-order valence-electron chi connectivity index (χ1n) is 8.14. The van der Waals surface area contributed by atoms with Gasteiger partial charge in [0.1, 0.15) is 36.5 Å². The number of hydrogen-bond acceptors (Lipinski definition) is 11. The van der Waals surface area contributed by atoms with E-state index in [-0.39, 0.29) is 5.82 Å². The fourth-order valence-corrected chi connectivity index (χ4v) is 2.58. The van der Waals surface area contributed by atoms with E-state index in [1.54, 1.807) is 0 Å². The highest BCUT2D eigenvalue weighted by Gasteiger charge is 2.43. The SMILES string of the molecule is CC(O)C(O)[C@](O)(Cl)CC=O.Nc1ccn([C@@H]2O[C@H](CO)[C@@H](O)[C@H]2O)c(=O)n1. The molecule has 0 aliphatic carbocycles. The highest BCUT2D eigenvalue weighted by Crippen LogP contribution is 2.28. The average Bonchev–Trinajstić information content (AvgIpc) is 2.89. The third kappa shape index (κ3) is 5.93. The third-order valence-corrected chi connectivity index (χ3v) is 4.30. The van der Waals surface area contributed by atoms with Gasteiger partial charge in [0.05, 0.1) is 12.7 Å². The lowest BCUT2D eigenvalue weighted by Crippen LogP contribution is -2.44. The lowest BCUT2D eigenvalue weighted by atomic mass is 10.1. The first-order valence-corrected chi connectivity index (χ1v) is 8.52. The first-order chi connectivity index (χ1) is 13.0. The van der Waals surface area contributed by atoms with Gasteiger partial charge in [-0.15, -0.1) is 0 Å². The van der Waals surface area contributed by atoms with Gasteiger partial charge < -0.3 is 45.9 Å². The average molecular weight is 426 g/mol. The Morgan fingerprint density at radius 2 is 2.04 bits per heavy atom. The summed E-state index contributed by atoms with van der Waals surface area (Å²) in [7, 11) is 0. The number of rotatable bonds is 6. The van der Waals surface area contributed by atoms with Gasteiger partial charge in [0.15, 0.2) is 11.3 Å². The summed E-state index contributed by atoms with van der Waals surface area (Å²) in [6.45, 7) is 0.814. The van der Waals surface area contributed by atoms with Crippen molar-refractivity contribution in [3.8, 4) is 0 Å². The number of aldehydes is 1. The minimum atomic E-state index is -2.06. The summed E-state index contributed by atoms with van der Waals surface area (Å²) in [5.74, 6) is 0.0537. The Morgan fingerprint density at radius 1 is 1.43 bits per heavy atom. The monoisotopic (exact) mass is 425 g/mol. The summed E-state index contributed by atoms with van der Waals surface area (Å²) in [6.07, 6.45) is -6.00. The molecule has 1 aromatic heterocycles. The van der Waals surface area contributed by atoms with Crippen molar-refractivity contribution in [1.29, 1.82) is 0 Å². The van der Waals surface area contributed by atoms with E-state index < -0.39 is 60.5 Å². The summed E-state index contributed by atoms with van der Waals surface area (Å²) in [6, 6.07) is 1.37. The molecule has 0 radical (unpaired) electrons. The maximum Gasteiger partial charge on any atom is 0.351 e. The van der Waals surface area contributed by atoms with Gasteiger partial charge in [-0.05, 0) is 13.0 Å². The first kappa shape index (κ1) is 24.4. The van der Waals surface area contributed by atoms with E-state index in [9.17, 15) is 19.8 Å². The molecule has 0 bridgehead atoms. The summed E-state index contributed by atoms with van der Waals surface area (Å²) >= 11 is 5.30. The molecule has 160 valence electrons. The summed E-state index contributed by atoms with van der Waals surface area (Å²) in [5.41, 5.74) is 4.63. The van der Waals surface area contributed by atoms with E-state index in [0.29, 0.717) is 6.29 Å². The molecule has 12 nitrogen and oxygen atoms in total. The number of ether oxygens (including phenoxy) is 1. The normalized spacial score (nSPS) is 28.6. The molecule has 13 heteroatoms. The molecule has 2 rings (SSSR count). The van der Waals surface area contributed by atoms with Crippen LogP contribution >= 0.6 is 11.6 Å². The molecule has 2 heterocycles. The molecule has 1 saturated heterocycles. The van der Waals surface area contributed by atoms with Crippen LogP contribution in [0.5, 0.6) is 0 Å². The number of nitrogens with zero attached hydrogens (tertiary/aromatic N) is 2. The number of hydrogen-bond donors (Lipinski definition) is 7. The van der Waals surface area contributed by atoms with Gasteiger partial charge in [-0.2, -0.15) is 4.98 Å². The van der Waals surface area contributed by atoms with Crippen LogP contribution in [0, 0.1) is 0 Å². The smallest absolute Gasteiger partial charge is 0.351 e. The summed E-state index contributed by atoms with van der Waals surface area (Å²) < 4.78 is 6.19. The van der Waals surface area contributed by atoms with Crippen molar-refractivity contribution in [2.24, 2.45) is 0 Å². The fourth-order valence-electron chi connectivity index (χ4n) is 2.34. The molecule has 2 unspecified atom stereocenters. The summed E-state index contributed by atoms with van der Waals surface area (Å²) in [4.78, 5) is 24.9. The minimum Gasteiger partial charge on any atom is -0.394 e. The maximum absolute atomic E-state index is 11.5. The van der Waals surface area contributed by atoms with Crippen molar-refractivity contribution in [3.63, 3.8) is 0 Å². The van der Waals surface area contributed by atoms with Gasteiger partial charge >= 0.3 is 5.69 Å². The van der Waals surface area contributed by atoms with Crippen LogP contribution in [0.3, 0.4) is 0 Å². The van der Waals surface area contributed by atoms with Gasteiger partial charge in [-0.1, -0.05) is 11.6 Å². The molecule has 1 aromatic rings. The number of alkyl halides is 1. The molecule has 0 spiro atoms. The Morgan fingerprint density at radius 3 is 2.46 bits per heavy atom. The molecule has 0 aromatic carbocycles. The Labute approximate surface area is 164 Å². The van der Waals surface area contributed by atoms with Crippen molar-refractivity contribution in [2.75, 3.05) is 12.3 Å². The highest BCUT2D eigenvalue weighted by molar-refractivity contribution is 6.23. The number of aromatic nitrogens is 2. The molecule has 1 aliphatic rings. The Kier molecular flexibility index (Phi) is 8.91. The number of halogens is 1. The second-order valence-electron chi connectivity index (χ2n) is 6.15. The molecule has 8 N–H and O–H groups in total. The maximum atomic E-state index is 11.5. The van der Waals surface area contributed by atoms with Crippen LogP contribution in [-0.2, 0) is 9.53 Å². The van der Waals surface area contributed by atoms with Crippen LogP contribution < -0.4 is 11.4 Å². The van der Waals surface area contributed by atoms with Crippen molar-refractivity contribution in [1.82, 2.24) is 9.55 Å².